The van der Waals surface area contributed by atoms with Crippen LogP contribution in [-0.2, 0) is 12.8 Å². The predicted octanol–water partition coefficient (Wildman–Crippen LogP) is 6.41. The largest absolute Gasteiger partial charge is 0.0619 e. The first kappa shape index (κ1) is 15.0. The molecule has 0 spiro atoms. The monoisotopic (exact) mass is 310 g/mol. The Morgan fingerprint density at radius 2 is 0.958 bits per heavy atom. The molecule has 0 aliphatic heterocycles. The standard InChI is InChI=1S/C24H22/c1-18(16-21-12-6-10-19-8-2-4-14-23(19)21)17-22-13-7-11-20-9-3-5-15-24(20)22/h2-15,18H,16-17H2,1H3. The van der Waals surface area contributed by atoms with Gasteiger partial charge in [-0.1, -0.05) is 91.9 Å². The molecule has 4 aromatic carbocycles. The van der Waals surface area contributed by atoms with Crippen LogP contribution in [0.1, 0.15) is 18.1 Å². The topological polar surface area (TPSA) is 0 Å². The van der Waals surface area contributed by atoms with Crippen LogP contribution in [0.3, 0.4) is 0 Å². The molecular weight excluding hydrogens is 288 g/mol. The first-order valence-electron chi connectivity index (χ1n) is 8.74. The van der Waals surface area contributed by atoms with Crippen LogP contribution in [0, 0.1) is 5.92 Å². The van der Waals surface area contributed by atoms with E-state index in [0.29, 0.717) is 5.92 Å². The summed E-state index contributed by atoms with van der Waals surface area (Å²) >= 11 is 0. The Hall–Kier alpha value is -2.60. The zero-order valence-corrected chi connectivity index (χ0v) is 14.1. The fourth-order valence-electron chi connectivity index (χ4n) is 3.76. The summed E-state index contributed by atoms with van der Waals surface area (Å²) in [6, 6.07) is 30.7. The first-order chi connectivity index (χ1) is 11.8. The fourth-order valence-corrected chi connectivity index (χ4v) is 3.76. The molecule has 0 heterocycles. The average molecular weight is 310 g/mol. The summed E-state index contributed by atoms with van der Waals surface area (Å²) in [4.78, 5) is 0. The number of hydrogen-bond acceptors (Lipinski definition) is 0. The highest BCUT2D eigenvalue weighted by atomic mass is 14.1. The van der Waals surface area contributed by atoms with Crippen molar-refractivity contribution in [2.45, 2.75) is 19.8 Å². The average Bonchev–Trinajstić information content (AvgIpc) is 2.62. The van der Waals surface area contributed by atoms with Gasteiger partial charge in [-0.25, -0.2) is 0 Å². The molecule has 0 radical (unpaired) electrons. The van der Waals surface area contributed by atoms with Crippen LogP contribution in [0.5, 0.6) is 0 Å². The smallest absolute Gasteiger partial charge is 0.0152 e. The molecule has 0 aliphatic rings. The van der Waals surface area contributed by atoms with Gasteiger partial charge in [-0.15, -0.1) is 0 Å². The first-order valence-corrected chi connectivity index (χ1v) is 8.74. The zero-order chi connectivity index (χ0) is 16.4. The Morgan fingerprint density at radius 3 is 1.46 bits per heavy atom. The Morgan fingerprint density at radius 1 is 0.542 bits per heavy atom. The fraction of sp³-hybridized carbons (Fsp3) is 0.167. The molecule has 0 saturated heterocycles. The summed E-state index contributed by atoms with van der Waals surface area (Å²) in [5.74, 6) is 0.613. The lowest BCUT2D eigenvalue weighted by Crippen LogP contribution is -2.05. The van der Waals surface area contributed by atoms with Crippen LogP contribution in [0.4, 0.5) is 0 Å². The minimum Gasteiger partial charge on any atom is -0.0619 e. The Labute approximate surface area is 143 Å². The lowest BCUT2D eigenvalue weighted by molar-refractivity contribution is 0.581. The van der Waals surface area contributed by atoms with Crippen molar-refractivity contribution < 1.29 is 0 Å². The molecule has 0 atom stereocenters. The maximum Gasteiger partial charge on any atom is -0.0152 e. The lowest BCUT2D eigenvalue weighted by Gasteiger charge is -2.15. The highest BCUT2D eigenvalue weighted by molar-refractivity contribution is 5.86. The third kappa shape index (κ3) is 2.92. The van der Waals surface area contributed by atoms with Crippen molar-refractivity contribution in [1.29, 1.82) is 0 Å². The van der Waals surface area contributed by atoms with Crippen molar-refractivity contribution in [3.05, 3.63) is 96.1 Å². The van der Waals surface area contributed by atoms with Gasteiger partial charge in [0.05, 0.1) is 0 Å². The molecule has 0 aromatic heterocycles. The molecule has 0 aliphatic carbocycles. The van der Waals surface area contributed by atoms with Crippen LogP contribution in [0.25, 0.3) is 21.5 Å². The van der Waals surface area contributed by atoms with Gasteiger partial charge in [-0.05, 0) is 51.4 Å². The van der Waals surface area contributed by atoms with Crippen molar-refractivity contribution in [3.8, 4) is 0 Å². The van der Waals surface area contributed by atoms with Gasteiger partial charge in [0.2, 0.25) is 0 Å². The summed E-state index contributed by atoms with van der Waals surface area (Å²) in [6.07, 6.45) is 2.23. The number of benzene rings is 4. The van der Waals surface area contributed by atoms with E-state index in [9.17, 15) is 0 Å². The van der Waals surface area contributed by atoms with Gasteiger partial charge in [-0.3, -0.25) is 0 Å². The van der Waals surface area contributed by atoms with Gasteiger partial charge in [0, 0.05) is 0 Å². The van der Waals surface area contributed by atoms with Gasteiger partial charge in [-0.2, -0.15) is 0 Å². The zero-order valence-electron chi connectivity index (χ0n) is 14.1. The molecule has 0 heteroatoms. The maximum atomic E-state index is 2.36. The Bertz CT molecular complexity index is 889. The molecular formula is C24H22. The van der Waals surface area contributed by atoms with E-state index in [0.717, 1.165) is 12.8 Å². The van der Waals surface area contributed by atoms with Crippen molar-refractivity contribution in [2.24, 2.45) is 5.92 Å². The summed E-state index contributed by atoms with van der Waals surface area (Å²) in [5.41, 5.74) is 2.92. The number of fused-ring (bicyclic) bond motifs is 2. The summed E-state index contributed by atoms with van der Waals surface area (Å²) in [7, 11) is 0. The molecule has 4 aromatic rings. The normalized spacial score (nSPS) is 11.4. The van der Waals surface area contributed by atoms with Crippen molar-refractivity contribution >= 4 is 21.5 Å². The van der Waals surface area contributed by atoms with Crippen LogP contribution in [0.15, 0.2) is 84.9 Å². The summed E-state index contributed by atoms with van der Waals surface area (Å²) in [6.45, 7) is 2.36. The molecule has 0 bridgehead atoms. The van der Waals surface area contributed by atoms with Gasteiger partial charge < -0.3 is 0 Å². The van der Waals surface area contributed by atoms with E-state index in [1.54, 1.807) is 0 Å². The van der Waals surface area contributed by atoms with E-state index in [2.05, 4.69) is 91.9 Å². The lowest BCUT2D eigenvalue weighted by atomic mass is 9.90. The molecule has 0 fully saturated rings. The number of hydrogen-bond donors (Lipinski definition) is 0. The Balaban J connectivity index is 1.61. The van der Waals surface area contributed by atoms with Gasteiger partial charge in [0.15, 0.2) is 0 Å². The molecule has 0 saturated carbocycles. The molecule has 0 nitrogen and oxygen atoms in total. The van der Waals surface area contributed by atoms with Crippen LogP contribution < -0.4 is 0 Å². The molecule has 0 amide bonds. The maximum absolute atomic E-state index is 2.36. The van der Waals surface area contributed by atoms with Crippen molar-refractivity contribution in [3.63, 3.8) is 0 Å². The highest BCUT2D eigenvalue weighted by Gasteiger charge is 2.09. The van der Waals surface area contributed by atoms with E-state index in [1.807, 2.05) is 0 Å². The van der Waals surface area contributed by atoms with Crippen molar-refractivity contribution in [2.75, 3.05) is 0 Å². The van der Waals surface area contributed by atoms with Gasteiger partial charge in [0.1, 0.15) is 0 Å². The second kappa shape index (κ2) is 6.49. The van der Waals surface area contributed by atoms with Crippen molar-refractivity contribution in [1.82, 2.24) is 0 Å². The third-order valence-electron chi connectivity index (χ3n) is 4.90. The summed E-state index contributed by atoms with van der Waals surface area (Å²) in [5, 5.41) is 5.47. The molecule has 4 rings (SSSR count). The van der Waals surface area contributed by atoms with Crippen LogP contribution in [-0.4, -0.2) is 0 Å². The second-order valence-electron chi connectivity index (χ2n) is 6.79. The SMILES string of the molecule is CC(Cc1cccc2ccccc12)Cc1cccc2ccccc12. The van der Waals surface area contributed by atoms with E-state index in [4.69, 9.17) is 0 Å². The summed E-state index contributed by atoms with van der Waals surface area (Å²) < 4.78 is 0. The van der Waals surface area contributed by atoms with E-state index in [1.165, 1.54) is 32.7 Å². The minimum atomic E-state index is 0.613. The predicted molar refractivity (Wildman–Crippen MR) is 104 cm³/mol. The molecule has 24 heavy (non-hydrogen) atoms. The van der Waals surface area contributed by atoms with E-state index in [-0.39, 0.29) is 0 Å². The quantitative estimate of drug-likeness (QED) is 0.408. The van der Waals surface area contributed by atoms with E-state index < -0.39 is 0 Å². The van der Waals surface area contributed by atoms with Gasteiger partial charge >= 0.3 is 0 Å². The number of rotatable bonds is 4. The van der Waals surface area contributed by atoms with Gasteiger partial charge in [0.25, 0.3) is 0 Å². The Kier molecular flexibility index (Phi) is 4.04. The van der Waals surface area contributed by atoms with Crippen LogP contribution in [0.2, 0.25) is 0 Å². The highest BCUT2D eigenvalue weighted by Crippen LogP contribution is 2.25. The van der Waals surface area contributed by atoms with Crippen LogP contribution >= 0.6 is 0 Å². The minimum absolute atomic E-state index is 0.613. The third-order valence-corrected chi connectivity index (χ3v) is 4.90. The second-order valence-corrected chi connectivity index (χ2v) is 6.79. The van der Waals surface area contributed by atoms with E-state index >= 15 is 0 Å². The molecule has 118 valence electrons. The molecule has 0 N–H and O–H groups in total. The molecule has 0 unspecified atom stereocenters.